The minimum Gasteiger partial charge on any atom is -0.467 e. The van der Waals surface area contributed by atoms with Crippen molar-refractivity contribution in [1.29, 1.82) is 0 Å². The number of nitrogens with zero attached hydrogens (tertiary/aromatic N) is 1. The van der Waals surface area contributed by atoms with E-state index in [2.05, 4.69) is 25.9 Å². The average molecular weight is 334 g/mol. The van der Waals surface area contributed by atoms with Crippen LogP contribution in [0.4, 0.5) is 0 Å². The van der Waals surface area contributed by atoms with Crippen LogP contribution < -0.4 is 11.3 Å². The lowest BCUT2D eigenvalue weighted by Gasteiger charge is -2.03. The number of carbonyl (C=O) groups excluding carboxylic acids is 1. The highest BCUT2D eigenvalue weighted by molar-refractivity contribution is 9.10. The molecule has 2 aromatic heterocycles. The Bertz CT molecular complexity index is 776. The molecule has 1 amide bonds. The van der Waals surface area contributed by atoms with Gasteiger partial charge in [-0.25, -0.2) is 5.84 Å². The SMILES string of the molecule is NNC(=O)c1coc(Cn2ccc3c(Br)cccc32)c1. The smallest absolute Gasteiger partial charge is 0.268 e. The number of rotatable bonds is 3. The molecule has 0 atom stereocenters. The molecular weight excluding hydrogens is 322 g/mol. The van der Waals surface area contributed by atoms with Crippen molar-refractivity contribution in [3.63, 3.8) is 0 Å². The Kier molecular flexibility index (Phi) is 3.33. The molecule has 0 spiro atoms. The number of amides is 1. The van der Waals surface area contributed by atoms with Crippen molar-refractivity contribution in [3.05, 3.63) is 58.6 Å². The lowest BCUT2D eigenvalue weighted by atomic mass is 10.2. The number of hydrogen-bond donors (Lipinski definition) is 2. The van der Waals surface area contributed by atoms with E-state index in [1.165, 1.54) is 6.26 Å². The van der Waals surface area contributed by atoms with Crippen LogP contribution in [0.2, 0.25) is 0 Å². The number of hydrazine groups is 1. The summed E-state index contributed by atoms with van der Waals surface area (Å²) in [7, 11) is 0. The fourth-order valence-electron chi connectivity index (χ4n) is 2.16. The molecule has 102 valence electrons. The summed E-state index contributed by atoms with van der Waals surface area (Å²) < 4.78 is 8.50. The van der Waals surface area contributed by atoms with Gasteiger partial charge in [0.1, 0.15) is 12.0 Å². The summed E-state index contributed by atoms with van der Waals surface area (Å²) in [6.07, 6.45) is 3.39. The molecular formula is C14H12BrN3O2. The van der Waals surface area contributed by atoms with Gasteiger partial charge in [-0.3, -0.25) is 10.2 Å². The number of halogens is 1. The fourth-order valence-corrected chi connectivity index (χ4v) is 2.65. The highest BCUT2D eigenvalue weighted by Gasteiger charge is 2.10. The maximum atomic E-state index is 11.4. The van der Waals surface area contributed by atoms with Crippen molar-refractivity contribution in [2.24, 2.45) is 5.84 Å². The second-order valence-electron chi connectivity index (χ2n) is 4.39. The van der Waals surface area contributed by atoms with Gasteiger partial charge in [0.05, 0.1) is 12.1 Å². The minimum atomic E-state index is -0.361. The van der Waals surface area contributed by atoms with Gasteiger partial charge < -0.3 is 8.98 Å². The van der Waals surface area contributed by atoms with E-state index in [1.807, 2.05) is 30.5 Å². The third-order valence-electron chi connectivity index (χ3n) is 3.13. The first-order chi connectivity index (χ1) is 9.69. The van der Waals surface area contributed by atoms with Gasteiger partial charge in [0.2, 0.25) is 0 Å². The van der Waals surface area contributed by atoms with Crippen molar-refractivity contribution < 1.29 is 9.21 Å². The molecule has 0 aliphatic heterocycles. The quantitative estimate of drug-likeness (QED) is 0.439. The van der Waals surface area contributed by atoms with Crippen LogP contribution >= 0.6 is 15.9 Å². The van der Waals surface area contributed by atoms with Crippen LogP contribution in [-0.4, -0.2) is 10.5 Å². The van der Waals surface area contributed by atoms with Crippen LogP contribution in [0.25, 0.3) is 10.9 Å². The molecule has 20 heavy (non-hydrogen) atoms. The number of nitrogen functional groups attached to an aromatic ring is 1. The summed E-state index contributed by atoms with van der Waals surface area (Å²) in [5.41, 5.74) is 3.59. The average Bonchev–Trinajstić information content (AvgIpc) is 3.07. The summed E-state index contributed by atoms with van der Waals surface area (Å²) in [6, 6.07) is 9.75. The maximum absolute atomic E-state index is 11.4. The highest BCUT2D eigenvalue weighted by Crippen LogP contribution is 2.25. The van der Waals surface area contributed by atoms with E-state index < -0.39 is 0 Å². The zero-order valence-electron chi connectivity index (χ0n) is 10.5. The monoisotopic (exact) mass is 333 g/mol. The molecule has 0 radical (unpaired) electrons. The van der Waals surface area contributed by atoms with Gasteiger partial charge in [-0.05, 0) is 24.3 Å². The number of hydrogen-bond acceptors (Lipinski definition) is 3. The van der Waals surface area contributed by atoms with Crippen LogP contribution in [0.1, 0.15) is 16.1 Å². The van der Waals surface area contributed by atoms with Crippen molar-refractivity contribution >= 4 is 32.7 Å². The molecule has 2 heterocycles. The molecule has 0 saturated carbocycles. The van der Waals surface area contributed by atoms with E-state index in [0.29, 0.717) is 17.9 Å². The summed E-state index contributed by atoms with van der Waals surface area (Å²) in [5, 5.41) is 1.14. The molecule has 0 aliphatic carbocycles. The van der Waals surface area contributed by atoms with Gasteiger partial charge in [-0.15, -0.1) is 0 Å². The number of carbonyl (C=O) groups is 1. The zero-order chi connectivity index (χ0) is 14.1. The number of furan rings is 1. The van der Waals surface area contributed by atoms with Gasteiger partial charge >= 0.3 is 0 Å². The predicted octanol–water partition coefficient (Wildman–Crippen LogP) is 2.65. The number of benzene rings is 1. The first kappa shape index (κ1) is 13.0. The lowest BCUT2D eigenvalue weighted by molar-refractivity contribution is 0.0953. The first-order valence-electron chi connectivity index (χ1n) is 6.01. The Balaban J connectivity index is 1.92. The molecule has 0 bridgehead atoms. The number of fused-ring (bicyclic) bond motifs is 1. The van der Waals surface area contributed by atoms with Crippen LogP contribution in [0.15, 0.2) is 51.7 Å². The summed E-state index contributed by atoms with van der Waals surface area (Å²) in [6.45, 7) is 0.553. The number of aromatic nitrogens is 1. The van der Waals surface area contributed by atoms with E-state index in [-0.39, 0.29) is 5.91 Å². The van der Waals surface area contributed by atoms with Gasteiger partial charge in [-0.1, -0.05) is 22.0 Å². The molecule has 1 aromatic carbocycles. The van der Waals surface area contributed by atoms with Crippen LogP contribution in [0.3, 0.4) is 0 Å². The molecule has 3 rings (SSSR count). The molecule has 0 fully saturated rings. The predicted molar refractivity (Wildman–Crippen MR) is 79.1 cm³/mol. The van der Waals surface area contributed by atoms with Crippen molar-refractivity contribution in [3.8, 4) is 0 Å². The van der Waals surface area contributed by atoms with Crippen molar-refractivity contribution in [1.82, 2.24) is 9.99 Å². The zero-order valence-corrected chi connectivity index (χ0v) is 12.1. The normalized spacial score (nSPS) is 10.9. The van der Waals surface area contributed by atoms with Crippen molar-refractivity contribution in [2.75, 3.05) is 0 Å². The standard InChI is InChI=1S/C14H12BrN3O2/c15-12-2-1-3-13-11(12)4-5-18(13)7-10-6-9(8-20-10)14(19)17-16/h1-6,8H,7,16H2,(H,17,19). The second-order valence-corrected chi connectivity index (χ2v) is 5.25. The second kappa shape index (κ2) is 5.15. The molecule has 3 aromatic rings. The molecule has 0 saturated heterocycles. The molecule has 5 nitrogen and oxygen atoms in total. The Morgan fingerprint density at radius 1 is 1.40 bits per heavy atom. The van der Waals surface area contributed by atoms with Gasteiger partial charge in [0.25, 0.3) is 5.91 Å². The highest BCUT2D eigenvalue weighted by atomic mass is 79.9. The van der Waals surface area contributed by atoms with Crippen molar-refractivity contribution in [2.45, 2.75) is 6.54 Å². The van der Waals surface area contributed by atoms with E-state index in [9.17, 15) is 4.79 Å². The summed E-state index contributed by atoms with van der Waals surface area (Å²) in [4.78, 5) is 11.4. The van der Waals surface area contributed by atoms with E-state index in [0.717, 1.165) is 15.4 Å². The van der Waals surface area contributed by atoms with Gasteiger partial charge in [0.15, 0.2) is 0 Å². The van der Waals surface area contributed by atoms with E-state index in [4.69, 9.17) is 10.3 Å². The first-order valence-corrected chi connectivity index (χ1v) is 6.80. The fraction of sp³-hybridized carbons (Fsp3) is 0.0714. The van der Waals surface area contributed by atoms with Gasteiger partial charge in [0, 0.05) is 21.6 Å². The third-order valence-corrected chi connectivity index (χ3v) is 3.83. The molecule has 0 aliphatic rings. The Labute approximate surface area is 123 Å². The number of nitrogens with one attached hydrogen (secondary N) is 1. The summed E-state index contributed by atoms with van der Waals surface area (Å²) >= 11 is 3.52. The van der Waals surface area contributed by atoms with Crippen LogP contribution in [-0.2, 0) is 6.54 Å². The molecule has 6 heteroatoms. The van der Waals surface area contributed by atoms with Crippen LogP contribution in [0.5, 0.6) is 0 Å². The third kappa shape index (κ3) is 2.23. The van der Waals surface area contributed by atoms with E-state index >= 15 is 0 Å². The van der Waals surface area contributed by atoms with Gasteiger partial charge in [-0.2, -0.15) is 0 Å². The van der Waals surface area contributed by atoms with Crippen LogP contribution in [0, 0.1) is 0 Å². The Hall–Kier alpha value is -2.05. The topological polar surface area (TPSA) is 73.2 Å². The Morgan fingerprint density at radius 2 is 2.25 bits per heavy atom. The summed E-state index contributed by atoms with van der Waals surface area (Å²) in [5.74, 6) is 5.42. The minimum absolute atomic E-state index is 0.361. The number of nitrogens with two attached hydrogens (primary N) is 1. The lowest BCUT2D eigenvalue weighted by Crippen LogP contribution is -2.29. The maximum Gasteiger partial charge on any atom is 0.268 e. The molecule has 0 unspecified atom stereocenters. The molecule has 3 N–H and O–H groups in total. The van der Waals surface area contributed by atoms with E-state index in [1.54, 1.807) is 6.07 Å². The Morgan fingerprint density at radius 3 is 3.05 bits per heavy atom. The largest absolute Gasteiger partial charge is 0.467 e.